The fourth-order valence-corrected chi connectivity index (χ4v) is 5.20. The zero-order valence-corrected chi connectivity index (χ0v) is 22.2. The summed E-state index contributed by atoms with van der Waals surface area (Å²) in [5.41, 5.74) is 12.0. The van der Waals surface area contributed by atoms with Gasteiger partial charge in [-0.15, -0.1) is 0 Å². The standard InChI is InChI=1S/C38H31N/c1-2-29-21-23-30(24-22-29)31-25-27-34(28-26-31)39(37-19-11-9-17-35(37)32-13-5-3-6-14-32)38-20-12-10-18-36(38)33-15-7-4-8-16-33/h3-28H,2H2,1H3. The first kappa shape index (κ1) is 24.5. The third kappa shape index (κ3) is 5.12. The molecule has 0 saturated heterocycles. The molecule has 6 rings (SSSR count). The average molecular weight is 502 g/mol. The predicted octanol–water partition coefficient (Wildman–Crippen LogP) is 10.7. The van der Waals surface area contributed by atoms with Crippen LogP contribution in [-0.4, -0.2) is 0 Å². The summed E-state index contributed by atoms with van der Waals surface area (Å²) in [6, 6.07) is 56.5. The molecule has 6 aromatic rings. The Labute approximate surface area is 231 Å². The van der Waals surface area contributed by atoms with E-state index in [0.29, 0.717) is 0 Å². The molecular formula is C38H31N. The molecule has 188 valence electrons. The lowest BCUT2D eigenvalue weighted by Gasteiger charge is -2.30. The van der Waals surface area contributed by atoms with Gasteiger partial charge >= 0.3 is 0 Å². The molecule has 1 heteroatoms. The summed E-state index contributed by atoms with van der Waals surface area (Å²) >= 11 is 0. The third-order valence-electron chi connectivity index (χ3n) is 7.28. The van der Waals surface area contributed by atoms with E-state index >= 15 is 0 Å². The van der Waals surface area contributed by atoms with Gasteiger partial charge in [0.05, 0.1) is 11.4 Å². The Morgan fingerprint density at radius 3 is 1.26 bits per heavy atom. The first-order chi connectivity index (χ1) is 19.3. The van der Waals surface area contributed by atoms with Gasteiger partial charge in [0.25, 0.3) is 0 Å². The van der Waals surface area contributed by atoms with Crippen LogP contribution in [0.1, 0.15) is 12.5 Å². The van der Waals surface area contributed by atoms with E-state index in [2.05, 4.69) is 170 Å². The average Bonchev–Trinajstić information content (AvgIpc) is 3.03. The lowest BCUT2D eigenvalue weighted by molar-refractivity contribution is 1.14. The highest BCUT2D eigenvalue weighted by Crippen LogP contribution is 2.44. The van der Waals surface area contributed by atoms with Crippen molar-refractivity contribution in [1.29, 1.82) is 0 Å². The van der Waals surface area contributed by atoms with E-state index in [-0.39, 0.29) is 0 Å². The zero-order chi connectivity index (χ0) is 26.4. The molecule has 0 heterocycles. The van der Waals surface area contributed by atoms with Crippen molar-refractivity contribution in [2.75, 3.05) is 4.90 Å². The van der Waals surface area contributed by atoms with Gasteiger partial charge in [0.1, 0.15) is 0 Å². The summed E-state index contributed by atoms with van der Waals surface area (Å²) in [5, 5.41) is 0. The van der Waals surface area contributed by atoms with Crippen molar-refractivity contribution in [2.24, 2.45) is 0 Å². The van der Waals surface area contributed by atoms with Crippen LogP contribution in [0.5, 0.6) is 0 Å². The molecule has 0 N–H and O–H groups in total. The van der Waals surface area contributed by atoms with Gasteiger partial charge in [0, 0.05) is 16.8 Å². The van der Waals surface area contributed by atoms with Crippen LogP contribution in [0, 0.1) is 0 Å². The first-order valence-electron chi connectivity index (χ1n) is 13.6. The van der Waals surface area contributed by atoms with Gasteiger partial charge in [0.2, 0.25) is 0 Å². The van der Waals surface area contributed by atoms with Crippen molar-refractivity contribution in [3.05, 3.63) is 163 Å². The Hall–Kier alpha value is -4.88. The SMILES string of the molecule is CCc1ccc(-c2ccc(N(c3ccccc3-c3ccccc3)c3ccccc3-c3ccccc3)cc2)cc1. The molecule has 6 aromatic carbocycles. The molecule has 0 aromatic heterocycles. The molecule has 39 heavy (non-hydrogen) atoms. The summed E-state index contributed by atoms with van der Waals surface area (Å²) in [6.07, 6.45) is 1.05. The number of para-hydroxylation sites is 2. The van der Waals surface area contributed by atoms with Crippen LogP contribution in [-0.2, 0) is 6.42 Å². The minimum atomic E-state index is 1.05. The van der Waals surface area contributed by atoms with Crippen LogP contribution in [0.15, 0.2) is 158 Å². The van der Waals surface area contributed by atoms with Gasteiger partial charge in [-0.3, -0.25) is 0 Å². The molecule has 0 saturated carbocycles. The monoisotopic (exact) mass is 501 g/mol. The number of rotatable bonds is 7. The topological polar surface area (TPSA) is 3.24 Å². The van der Waals surface area contributed by atoms with Gasteiger partial charge in [-0.25, -0.2) is 0 Å². The quantitative estimate of drug-likeness (QED) is 0.210. The van der Waals surface area contributed by atoms with Crippen LogP contribution >= 0.6 is 0 Å². The zero-order valence-electron chi connectivity index (χ0n) is 22.2. The number of hydrogen-bond donors (Lipinski definition) is 0. The van der Waals surface area contributed by atoms with Crippen molar-refractivity contribution in [3.63, 3.8) is 0 Å². The van der Waals surface area contributed by atoms with Crippen LogP contribution < -0.4 is 4.90 Å². The smallest absolute Gasteiger partial charge is 0.0540 e. The maximum atomic E-state index is 2.40. The summed E-state index contributed by atoms with van der Waals surface area (Å²) in [5.74, 6) is 0. The second-order valence-corrected chi connectivity index (χ2v) is 9.70. The van der Waals surface area contributed by atoms with E-state index in [9.17, 15) is 0 Å². The molecule has 0 aliphatic heterocycles. The highest BCUT2D eigenvalue weighted by Gasteiger charge is 2.20. The van der Waals surface area contributed by atoms with Crippen molar-refractivity contribution in [1.82, 2.24) is 0 Å². The number of nitrogens with zero attached hydrogens (tertiary/aromatic N) is 1. The lowest BCUT2D eigenvalue weighted by Crippen LogP contribution is -2.12. The van der Waals surface area contributed by atoms with Crippen molar-refractivity contribution in [2.45, 2.75) is 13.3 Å². The van der Waals surface area contributed by atoms with E-state index in [1.165, 1.54) is 38.9 Å². The first-order valence-corrected chi connectivity index (χ1v) is 13.6. The molecule has 0 radical (unpaired) electrons. The third-order valence-corrected chi connectivity index (χ3v) is 7.28. The molecule has 0 spiro atoms. The van der Waals surface area contributed by atoms with E-state index < -0.39 is 0 Å². The number of aryl methyl sites for hydroxylation is 1. The van der Waals surface area contributed by atoms with Crippen molar-refractivity contribution in [3.8, 4) is 33.4 Å². The number of hydrogen-bond acceptors (Lipinski definition) is 1. The van der Waals surface area contributed by atoms with E-state index in [0.717, 1.165) is 23.5 Å². The molecule has 0 aliphatic rings. The van der Waals surface area contributed by atoms with E-state index in [4.69, 9.17) is 0 Å². The van der Waals surface area contributed by atoms with Gasteiger partial charge in [0.15, 0.2) is 0 Å². The van der Waals surface area contributed by atoms with Gasteiger partial charge in [-0.2, -0.15) is 0 Å². The summed E-state index contributed by atoms with van der Waals surface area (Å²) in [6.45, 7) is 2.19. The Morgan fingerprint density at radius 1 is 0.385 bits per heavy atom. The Bertz CT molecular complexity index is 1570. The molecular weight excluding hydrogens is 470 g/mol. The summed E-state index contributed by atoms with van der Waals surface area (Å²) in [4.78, 5) is 2.40. The number of benzene rings is 6. The molecule has 0 bridgehead atoms. The van der Waals surface area contributed by atoms with Crippen LogP contribution in [0.25, 0.3) is 33.4 Å². The molecule has 0 unspecified atom stereocenters. The van der Waals surface area contributed by atoms with Crippen molar-refractivity contribution < 1.29 is 0 Å². The van der Waals surface area contributed by atoms with Gasteiger partial charge in [-0.05, 0) is 58.5 Å². The number of anilines is 3. The molecule has 0 fully saturated rings. The predicted molar refractivity (Wildman–Crippen MR) is 167 cm³/mol. The molecule has 1 nitrogen and oxygen atoms in total. The van der Waals surface area contributed by atoms with Crippen LogP contribution in [0.2, 0.25) is 0 Å². The maximum absolute atomic E-state index is 2.40. The summed E-state index contributed by atoms with van der Waals surface area (Å²) in [7, 11) is 0. The minimum absolute atomic E-state index is 1.05. The van der Waals surface area contributed by atoms with E-state index in [1.807, 2.05) is 0 Å². The van der Waals surface area contributed by atoms with E-state index in [1.54, 1.807) is 0 Å². The second kappa shape index (κ2) is 11.2. The largest absolute Gasteiger partial charge is 0.309 e. The van der Waals surface area contributed by atoms with Gasteiger partial charge in [-0.1, -0.05) is 140 Å². The lowest BCUT2D eigenvalue weighted by atomic mass is 9.98. The van der Waals surface area contributed by atoms with Crippen molar-refractivity contribution >= 4 is 17.1 Å². The fourth-order valence-electron chi connectivity index (χ4n) is 5.20. The minimum Gasteiger partial charge on any atom is -0.309 e. The Balaban J connectivity index is 1.52. The molecule has 0 atom stereocenters. The van der Waals surface area contributed by atoms with Crippen LogP contribution in [0.3, 0.4) is 0 Å². The maximum Gasteiger partial charge on any atom is 0.0540 e. The fraction of sp³-hybridized carbons (Fsp3) is 0.0526. The highest BCUT2D eigenvalue weighted by atomic mass is 15.1. The summed E-state index contributed by atoms with van der Waals surface area (Å²) < 4.78 is 0. The van der Waals surface area contributed by atoms with Crippen LogP contribution in [0.4, 0.5) is 17.1 Å². The molecule has 0 amide bonds. The Kier molecular flexibility index (Phi) is 7.05. The second-order valence-electron chi connectivity index (χ2n) is 9.70. The normalized spacial score (nSPS) is 10.8. The molecule has 0 aliphatic carbocycles. The van der Waals surface area contributed by atoms with Gasteiger partial charge < -0.3 is 4.90 Å². The Morgan fingerprint density at radius 2 is 0.795 bits per heavy atom. The highest BCUT2D eigenvalue weighted by molar-refractivity contribution is 5.93.